The normalized spacial score (nSPS) is 13.1. The van der Waals surface area contributed by atoms with Crippen LogP contribution in [0.1, 0.15) is 36.5 Å². The van der Waals surface area contributed by atoms with Crippen molar-refractivity contribution in [1.82, 2.24) is 21.3 Å². The zero-order valence-corrected chi connectivity index (χ0v) is 33.4. The maximum Gasteiger partial charge on any atom is 0.243 e. The highest BCUT2D eigenvalue weighted by atomic mass is 16.2. The zero-order valence-electron chi connectivity index (χ0n) is 33.4. The summed E-state index contributed by atoms with van der Waals surface area (Å²) >= 11 is 0. The van der Waals surface area contributed by atoms with E-state index in [2.05, 4.69) is 26.3 Å². The van der Waals surface area contributed by atoms with Crippen molar-refractivity contribution in [3.05, 3.63) is 144 Å². The number of hydrogen-bond acceptors (Lipinski definition) is 6. The monoisotopic (exact) mass is 806 g/mol. The van der Waals surface area contributed by atoms with E-state index < -0.39 is 53.7 Å². The van der Waals surface area contributed by atoms with Gasteiger partial charge in [-0.25, -0.2) is 0 Å². The van der Waals surface area contributed by atoms with Gasteiger partial charge in [-0.05, 0) is 61.8 Å². The number of aliphatic imine (C=N–C) groups is 1. The fraction of sp³-hybridized carbons (Fsp3) is 0.234. The summed E-state index contributed by atoms with van der Waals surface area (Å²) in [6.07, 6.45) is 0.767. The summed E-state index contributed by atoms with van der Waals surface area (Å²) in [5.74, 6) is -3.15. The number of nitrogens with zero attached hydrogens (tertiary/aromatic N) is 1. The average molecular weight is 807 g/mol. The molecule has 0 unspecified atom stereocenters. The van der Waals surface area contributed by atoms with Crippen molar-refractivity contribution in [2.45, 2.75) is 63.2 Å². The van der Waals surface area contributed by atoms with Crippen LogP contribution in [0.2, 0.25) is 0 Å². The predicted molar refractivity (Wildman–Crippen MR) is 235 cm³/mol. The summed E-state index contributed by atoms with van der Waals surface area (Å²) in [4.78, 5) is 71.9. The van der Waals surface area contributed by atoms with Gasteiger partial charge >= 0.3 is 0 Å². The van der Waals surface area contributed by atoms with Crippen molar-refractivity contribution in [3.8, 4) is 0 Å². The fourth-order valence-electron chi connectivity index (χ4n) is 7.28. The first kappa shape index (κ1) is 42.3. The van der Waals surface area contributed by atoms with Gasteiger partial charge in [0.25, 0.3) is 0 Å². The average Bonchev–Trinajstić information content (AvgIpc) is 3.23. The number of guanidine groups is 1. The molecule has 0 aliphatic carbocycles. The Balaban J connectivity index is 1.30. The molecule has 0 saturated carbocycles. The first-order valence-electron chi connectivity index (χ1n) is 19.9. The van der Waals surface area contributed by atoms with Gasteiger partial charge in [-0.15, -0.1) is 0 Å². The Labute approximate surface area is 348 Å². The van der Waals surface area contributed by atoms with Crippen LogP contribution in [0.25, 0.3) is 32.3 Å². The lowest BCUT2D eigenvalue weighted by Crippen LogP contribution is -2.59. The quantitative estimate of drug-likeness (QED) is 0.0388. The van der Waals surface area contributed by atoms with Crippen molar-refractivity contribution in [3.63, 3.8) is 0 Å². The largest absolute Gasteiger partial charge is 0.370 e. The Morgan fingerprint density at radius 1 is 0.483 bits per heavy atom. The molecule has 0 aromatic heterocycles. The maximum atomic E-state index is 14.6. The van der Waals surface area contributed by atoms with E-state index in [-0.39, 0.29) is 38.2 Å². The third-order valence-electron chi connectivity index (χ3n) is 10.3. The highest BCUT2D eigenvalue weighted by Crippen LogP contribution is 2.20. The molecule has 13 heteroatoms. The molecule has 4 atom stereocenters. The Hall–Kier alpha value is -7.28. The number of carbonyl (C=O) groups excluding carboxylic acids is 5. The first-order chi connectivity index (χ1) is 28.9. The molecule has 0 radical (unpaired) electrons. The van der Waals surface area contributed by atoms with Crippen molar-refractivity contribution >= 4 is 67.8 Å². The first-order valence-corrected chi connectivity index (χ1v) is 19.9. The van der Waals surface area contributed by atoms with Crippen LogP contribution < -0.4 is 38.5 Å². The Bertz CT molecular complexity index is 2550. The van der Waals surface area contributed by atoms with Gasteiger partial charge in [0.2, 0.25) is 29.5 Å². The van der Waals surface area contributed by atoms with E-state index in [1.54, 1.807) is 0 Å². The van der Waals surface area contributed by atoms with Crippen LogP contribution in [-0.4, -0.2) is 66.2 Å². The van der Waals surface area contributed by atoms with E-state index in [1.807, 2.05) is 127 Å². The van der Waals surface area contributed by atoms with Crippen LogP contribution in [-0.2, 0) is 43.2 Å². The molecule has 308 valence electrons. The number of benzene rings is 6. The molecule has 60 heavy (non-hydrogen) atoms. The Kier molecular flexibility index (Phi) is 14.1. The van der Waals surface area contributed by atoms with Gasteiger partial charge in [0, 0.05) is 32.7 Å². The highest BCUT2D eigenvalue weighted by molar-refractivity contribution is 5.96. The molecule has 0 spiro atoms. The van der Waals surface area contributed by atoms with Gasteiger partial charge < -0.3 is 38.5 Å². The van der Waals surface area contributed by atoms with E-state index in [0.717, 1.165) is 49.0 Å². The number of nitrogens with two attached hydrogens (primary N) is 3. The summed E-state index contributed by atoms with van der Waals surface area (Å²) in [7, 11) is 0. The van der Waals surface area contributed by atoms with E-state index in [0.29, 0.717) is 6.42 Å². The van der Waals surface area contributed by atoms with E-state index in [9.17, 15) is 24.0 Å². The molecule has 0 fully saturated rings. The van der Waals surface area contributed by atoms with Crippen LogP contribution in [0, 0.1) is 0 Å². The SMILES string of the molecule is CC(=O)N[C@H](Cc1ccc2ccccc2c1)C(=O)N[C@H](Cc1ccc2ccccc2c1)C(=O)N[C@@H](Cc1ccc2ccccc2c1)C(=O)N[C@@H](CCCN=C(N)N)C(N)=O. The smallest absolute Gasteiger partial charge is 0.243 e. The third-order valence-corrected chi connectivity index (χ3v) is 10.3. The molecular formula is C47H50N8O5. The minimum atomic E-state index is -1.20. The van der Waals surface area contributed by atoms with Crippen molar-refractivity contribution < 1.29 is 24.0 Å². The van der Waals surface area contributed by atoms with Gasteiger partial charge in [0.15, 0.2) is 5.96 Å². The summed E-state index contributed by atoms with van der Waals surface area (Å²) in [6.45, 7) is 1.55. The number of primary amides is 1. The second-order valence-corrected chi connectivity index (χ2v) is 14.9. The van der Waals surface area contributed by atoms with Gasteiger partial charge in [0.05, 0.1) is 0 Å². The second-order valence-electron chi connectivity index (χ2n) is 14.9. The zero-order chi connectivity index (χ0) is 42.6. The molecule has 0 aliphatic heterocycles. The lowest BCUT2D eigenvalue weighted by molar-refractivity contribution is -0.134. The third kappa shape index (κ3) is 11.7. The summed E-state index contributed by atoms with van der Waals surface area (Å²) < 4.78 is 0. The molecule has 0 heterocycles. The molecule has 5 amide bonds. The van der Waals surface area contributed by atoms with E-state index in [1.165, 1.54) is 6.92 Å². The van der Waals surface area contributed by atoms with Gasteiger partial charge in [-0.2, -0.15) is 0 Å². The summed E-state index contributed by atoms with van der Waals surface area (Å²) in [6, 6.07) is 36.2. The van der Waals surface area contributed by atoms with Crippen LogP contribution in [0.4, 0.5) is 0 Å². The van der Waals surface area contributed by atoms with E-state index in [4.69, 9.17) is 17.2 Å². The van der Waals surface area contributed by atoms with Gasteiger partial charge in [-0.1, -0.05) is 127 Å². The minimum absolute atomic E-state index is 0.0506. The van der Waals surface area contributed by atoms with Crippen LogP contribution >= 0.6 is 0 Å². The number of nitrogens with one attached hydrogen (secondary N) is 4. The Morgan fingerprint density at radius 3 is 1.18 bits per heavy atom. The summed E-state index contributed by atoms with van der Waals surface area (Å²) in [5.41, 5.74) is 18.9. The molecule has 6 rings (SSSR count). The van der Waals surface area contributed by atoms with Crippen molar-refractivity contribution in [1.29, 1.82) is 0 Å². The fourth-order valence-corrected chi connectivity index (χ4v) is 7.28. The van der Waals surface area contributed by atoms with Gasteiger partial charge in [0.1, 0.15) is 24.2 Å². The lowest BCUT2D eigenvalue weighted by atomic mass is 9.98. The van der Waals surface area contributed by atoms with Crippen LogP contribution in [0.15, 0.2) is 132 Å². The molecule has 6 aromatic carbocycles. The van der Waals surface area contributed by atoms with E-state index >= 15 is 0 Å². The molecule has 0 bridgehead atoms. The highest BCUT2D eigenvalue weighted by Gasteiger charge is 2.31. The van der Waals surface area contributed by atoms with Crippen LogP contribution in [0.5, 0.6) is 0 Å². The summed E-state index contributed by atoms with van der Waals surface area (Å²) in [5, 5.41) is 17.2. The number of amides is 5. The molecule has 10 N–H and O–H groups in total. The molecule has 0 aliphatic rings. The molecular weight excluding hydrogens is 757 g/mol. The van der Waals surface area contributed by atoms with Crippen molar-refractivity contribution in [2.24, 2.45) is 22.2 Å². The number of fused-ring (bicyclic) bond motifs is 3. The predicted octanol–water partition coefficient (Wildman–Crippen LogP) is 3.67. The standard InChI is InChI=1S/C47H50N8O5/c1-29(56)52-40(26-30-16-19-33-9-2-5-12-36(33)23-30)44(58)54-42(28-32-18-21-35-11-4-7-14-38(35)25-32)46(60)55-41(27-31-17-20-34-10-3-6-13-37(34)24-31)45(59)53-39(43(48)57)15-8-22-51-47(49)50/h2-7,9-14,16-21,23-25,39-42H,8,15,22,26-28H2,1H3,(H2,48,57)(H,52,56)(H,53,59)(H,54,58)(H,55,60)(H4,49,50,51)/t39-,40+,41-,42+/m0/s1. The minimum Gasteiger partial charge on any atom is -0.370 e. The topological polar surface area (TPSA) is 224 Å². The Morgan fingerprint density at radius 2 is 0.833 bits per heavy atom. The number of rotatable bonds is 18. The van der Waals surface area contributed by atoms with Crippen molar-refractivity contribution in [2.75, 3.05) is 6.54 Å². The second kappa shape index (κ2) is 19.9. The molecule has 13 nitrogen and oxygen atoms in total. The maximum absolute atomic E-state index is 14.6. The number of hydrogen-bond donors (Lipinski definition) is 7. The number of carbonyl (C=O) groups is 5. The molecule has 0 saturated heterocycles. The molecule has 6 aromatic rings. The lowest BCUT2D eigenvalue weighted by Gasteiger charge is -2.26. The van der Waals surface area contributed by atoms with Gasteiger partial charge in [-0.3, -0.25) is 29.0 Å². The van der Waals surface area contributed by atoms with Crippen LogP contribution in [0.3, 0.4) is 0 Å².